The number of carbonyl (C=O) groups is 2. The van der Waals surface area contributed by atoms with Crippen molar-refractivity contribution in [1.29, 1.82) is 0 Å². The summed E-state index contributed by atoms with van der Waals surface area (Å²) < 4.78 is 0. The number of carbonyl (C=O) groups excluding carboxylic acids is 2. The van der Waals surface area contributed by atoms with E-state index in [0.717, 1.165) is 64.3 Å². The van der Waals surface area contributed by atoms with Gasteiger partial charge in [-0.25, -0.2) is 0 Å². The fourth-order valence-corrected chi connectivity index (χ4v) is 3.90. The fourth-order valence-electron chi connectivity index (χ4n) is 3.90. The lowest BCUT2D eigenvalue weighted by Crippen LogP contribution is -3.14. The van der Waals surface area contributed by atoms with Gasteiger partial charge in [0.25, 0.3) is 0 Å². The molecule has 1 saturated carbocycles. The van der Waals surface area contributed by atoms with Gasteiger partial charge in [-0.05, 0) is 44.4 Å². The maximum atomic E-state index is 12.9. The Morgan fingerprint density at radius 1 is 1.12 bits per heavy atom. The number of likely N-dealkylation sites (N-methyl/N-ethyl adjacent to an activating group) is 1. The number of hydrogen-bond donors (Lipinski definition) is 2. The van der Waals surface area contributed by atoms with Crippen LogP contribution < -0.4 is 10.2 Å². The van der Waals surface area contributed by atoms with Crippen molar-refractivity contribution >= 4 is 11.8 Å². The van der Waals surface area contributed by atoms with Gasteiger partial charge in [0.15, 0.2) is 0 Å². The molecule has 0 radical (unpaired) electrons. The first kappa shape index (κ1) is 19.2. The van der Waals surface area contributed by atoms with Gasteiger partial charge in [-0.2, -0.15) is 0 Å². The van der Waals surface area contributed by atoms with E-state index in [4.69, 9.17) is 0 Å². The third-order valence-electron chi connectivity index (χ3n) is 5.90. The normalized spacial score (nSPS) is 27.1. The summed E-state index contributed by atoms with van der Waals surface area (Å²) in [7, 11) is 0. The molecule has 2 aliphatic rings. The summed E-state index contributed by atoms with van der Waals surface area (Å²) in [6, 6.07) is -0.375. The van der Waals surface area contributed by atoms with Gasteiger partial charge in [-0.1, -0.05) is 20.8 Å². The van der Waals surface area contributed by atoms with E-state index in [0.29, 0.717) is 0 Å². The predicted molar refractivity (Wildman–Crippen MR) is 95.7 cm³/mol. The van der Waals surface area contributed by atoms with Crippen LogP contribution in [0.2, 0.25) is 0 Å². The fraction of sp³-hybridized carbons (Fsp3) is 0.895. The lowest BCUT2D eigenvalue weighted by atomic mass is 9.82. The minimum absolute atomic E-state index is 0.0896. The SMILES string of the molecule is CC[NH+]1CCN(C(=O)[C@@H](NC(=O)C2CCC(C)CC2)C(C)C)CC1. The molecule has 0 aromatic rings. The summed E-state index contributed by atoms with van der Waals surface area (Å²) in [6.45, 7) is 13.3. The Hall–Kier alpha value is -1.10. The van der Waals surface area contributed by atoms with Gasteiger partial charge in [0.05, 0.1) is 32.7 Å². The highest BCUT2D eigenvalue weighted by Gasteiger charge is 2.33. The zero-order valence-corrected chi connectivity index (χ0v) is 15.9. The highest BCUT2D eigenvalue weighted by molar-refractivity contribution is 5.88. The topological polar surface area (TPSA) is 53.9 Å². The molecule has 24 heavy (non-hydrogen) atoms. The second-order valence-corrected chi connectivity index (χ2v) is 8.12. The first-order valence-corrected chi connectivity index (χ1v) is 9.85. The van der Waals surface area contributed by atoms with Gasteiger partial charge < -0.3 is 15.1 Å². The van der Waals surface area contributed by atoms with Crippen molar-refractivity contribution in [3.63, 3.8) is 0 Å². The molecule has 0 unspecified atom stereocenters. The molecule has 1 heterocycles. The maximum Gasteiger partial charge on any atom is 0.245 e. The quantitative estimate of drug-likeness (QED) is 0.775. The highest BCUT2D eigenvalue weighted by atomic mass is 16.2. The Morgan fingerprint density at radius 3 is 2.21 bits per heavy atom. The Morgan fingerprint density at radius 2 is 1.71 bits per heavy atom. The standard InChI is InChI=1S/C19H35N3O2/c1-5-21-10-12-22(13-11-21)19(24)17(14(2)3)20-18(23)16-8-6-15(4)7-9-16/h14-17H,5-13H2,1-4H3,(H,20,23)/p+1/t15?,16?,17-/m0/s1. The molecule has 0 aromatic carbocycles. The van der Waals surface area contributed by atoms with Crippen molar-refractivity contribution in [3.05, 3.63) is 0 Å². The third kappa shape index (κ3) is 4.95. The molecule has 0 spiro atoms. The first-order valence-electron chi connectivity index (χ1n) is 9.85. The van der Waals surface area contributed by atoms with Crippen LogP contribution in [0.4, 0.5) is 0 Å². The van der Waals surface area contributed by atoms with Gasteiger partial charge in [0.2, 0.25) is 11.8 Å². The number of rotatable bonds is 5. The molecule has 2 fully saturated rings. The molecule has 1 aliphatic heterocycles. The molecule has 1 saturated heterocycles. The lowest BCUT2D eigenvalue weighted by Gasteiger charge is -2.35. The van der Waals surface area contributed by atoms with E-state index < -0.39 is 0 Å². The van der Waals surface area contributed by atoms with Crippen LogP contribution in [0.1, 0.15) is 53.4 Å². The molecule has 0 aromatic heterocycles. The average Bonchev–Trinajstić information content (AvgIpc) is 2.59. The summed E-state index contributed by atoms with van der Waals surface area (Å²) in [4.78, 5) is 29.0. The number of piperazine rings is 1. The molecule has 138 valence electrons. The van der Waals surface area contributed by atoms with Crippen LogP contribution in [0, 0.1) is 17.8 Å². The van der Waals surface area contributed by atoms with Crippen LogP contribution in [-0.4, -0.2) is 55.5 Å². The maximum absolute atomic E-state index is 12.9. The number of nitrogens with one attached hydrogen (secondary N) is 2. The van der Waals surface area contributed by atoms with Gasteiger partial charge >= 0.3 is 0 Å². The van der Waals surface area contributed by atoms with Crippen molar-refractivity contribution in [2.75, 3.05) is 32.7 Å². The van der Waals surface area contributed by atoms with Crippen molar-refractivity contribution in [2.45, 2.75) is 59.4 Å². The molecule has 5 nitrogen and oxygen atoms in total. The Balaban J connectivity index is 1.91. The highest BCUT2D eigenvalue weighted by Crippen LogP contribution is 2.28. The van der Waals surface area contributed by atoms with Gasteiger partial charge in [-0.3, -0.25) is 9.59 Å². The molecule has 1 aliphatic carbocycles. The predicted octanol–water partition coefficient (Wildman–Crippen LogP) is 0.701. The average molecular weight is 339 g/mol. The van der Waals surface area contributed by atoms with E-state index in [1.165, 1.54) is 0 Å². The third-order valence-corrected chi connectivity index (χ3v) is 5.90. The minimum atomic E-state index is -0.375. The largest absolute Gasteiger partial charge is 0.344 e. The molecule has 1 atom stereocenters. The summed E-state index contributed by atoms with van der Waals surface area (Å²) >= 11 is 0. The van der Waals surface area contributed by atoms with Gasteiger partial charge in [0, 0.05) is 5.92 Å². The minimum Gasteiger partial charge on any atom is -0.344 e. The molecule has 2 amide bonds. The molecule has 0 bridgehead atoms. The zero-order valence-electron chi connectivity index (χ0n) is 15.9. The Kier molecular flexibility index (Phi) is 7.08. The number of hydrogen-bond acceptors (Lipinski definition) is 2. The Labute approximate surface area is 147 Å². The first-order chi connectivity index (χ1) is 11.4. The van der Waals surface area contributed by atoms with E-state index in [9.17, 15) is 9.59 Å². The van der Waals surface area contributed by atoms with Crippen LogP contribution in [0.25, 0.3) is 0 Å². The van der Waals surface area contributed by atoms with E-state index in [2.05, 4.69) is 19.2 Å². The van der Waals surface area contributed by atoms with Crippen LogP contribution in [0.3, 0.4) is 0 Å². The lowest BCUT2D eigenvalue weighted by molar-refractivity contribution is -0.902. The summed E-state index contributed by atoms with van der Waals surface area (Å²) in [5.74, 6) is 1.15. The van der Waals surface area contributed by atoms with Crippen molar-refractivity contribution in [1.82, 2.24) is 10.2 Å². The van der Waals surface area contributed by atoms with Crippen LogP contribution in [-0.2, 0) is 9.59 Å². The molecular formula is C19H36N3O2+. The van der Waals surface area contributed by atoms with Crippen LogP contribution >= 0.6 is 0 Å². The summed E-state index contributed by atoms with van der Waals surface area (Å²) in [5, 5.41) is 3.09. The number of nitrogens with zero attached hydrogens (tertiary/aromatic N) is 1. The van der Waals surface area contributed by atoms with E-state index in [1.54, 1.807) is 4.90 Å². The van der Waals surface area contributed by atoms with Crippen LogP contribution in [0.5, 0.6) is 0 Å². The van der Waals surface area contributed by atoms with Gasteiger partial charge in [0.1, 0.15) is 6.04 Å². The zero-order chi connectivity index (χ0) is 17.7. The van der Waals surface area contributed by atoms with E-state index in [1.807, 2.05) is 18.7 Å². The smallest absolute Gasteiger partial charge is 0.245 e. The summed E-state index contributed by atoms with van der Waals surface area (Å²) in [5.41, 5.74) is 0. The number of amides is 2. The van der Waals surface area contributed by atoms with E-state index in [-0.39, 0.29) is 29.7 Å². The van der Waals surface area contributed by atoms with Crippen molar-refractivity contribution < 1.29 is 14.5 Å². The summed E-state index contributed by atoms with van der Waals surface area (Å²) in [6.07, 6.45) is 4.18. The van der Waals surface area contributed by atoms with Crippen LogP contribution in [0.15, 0.2) is 0 Å². The molecule has 2 rings (SSSR count). The monoisotopic (exact) mass is 338 g/mol. The van der Waals surface area contributed by atoms with Crippen molar-refractivity contribution in [3.8, 4) is 0 Å². The molecule has 5 heteroatoms. The second-order valence-electron chi connectivity index (χ2n) is 8.12. The van der Waals surface area contributed by atoms with E-state index >= 15 is 0 Å². The molecular weight excluding hydrogens is 302 g/mol. The Bertz CT molecular complexity index is 422. The molecule has 2 N–H and O–H groups in total. The van der Waals surface area contributed by atoms with Gasteiger partial charge in [-0.15, -0.1) is 0 Å². The van der Waals surface area contributed by atoms with Crippen molar-refractivity contribution in [2.24, 2.45) is 17.8 Å². The second kappa shape index (κ2) is 8.84. The number of quaternary nitrogens is 1.